The molecule has 5 nitrogen and oxygen atoms in total. The molecule has 0 N–H and O–H groups in total. The second-order valence-electron chi connectivity index (χ2n) is 7.22. The van der Waals surface area contributed by atoms with Crippen LogP contribution < -0.4 is 0 Å². The molecule has 2 aliphatic heterocycles. The molecule has 2 heterocycles. The van der Waals surface area contributed by atoms with Crippen LogP contribution >= 0.6 is 0 Å². The van der Waals surface area contributed by atoms with E-state index in [0.717, 1.165) is 19.3 Å². The minimum absolute atomic E-state index is 0.199. The van der Waals surface area contributed by atoms with Gasteiger partial charge in [-0.15, -0.1) is 0 Å². The zero-order valence-corrected chi connectivity index (χ0v) is 13.5. The molecule has 5 heteroatoms. The molecular formula is C18H22N2O3. The summed E-state index contributed by atoms with van der Waals surface area (Å²) in [4.78, 5) is 27.7. The number of likely N-dealkylation sites (tertiary alicyclic amines) is 1. The lowest BCUT2D eigenvalue weighted by Crippen LogP contribution is -2.39. The van der Waals surface area contributed by atoms with Gasteiger partial charge in [-0.25, -0.2) is 4.79 Å². The minimum atomic E-state index is -0.472. The molecule has 1 aliphatic carbocycles. The van der Waals surface area contributed by atoms with Crippen LogP contribution in [0.3, 0.4) is 0 Å². The Morgan fingerprint density at radius 1 is 1.26 bits per heavy atom. The van der Waals surface area contributed by atoms with Crippen LogP contribution in [0.15, 0.2) is 24.3 Å². The zero-order chi connectivity index (χ0) is 16.0. The summed E-state index contributed by atoms with van der Waals surface area (Å²) in [6.07, 6.45) is 3.07. The summed E-state index contributed by atoms with van der Waals surface area (Å²) in [6, 6.07) is 8.47. The number of fused-ring (bicyclic) bond motifs is 1. The average Bonchev–Trinajstić information content (AvgIpc) is 3.17. The summed E-state index contributed by atoms with van der Waals surface area (Å²) in [7, 11) is 1.75. The highest BCUT2D eigenvalue weighted by Gasteiger charge is 2.49. The SMILES string of the molecule is CN1C[C@@]2(CCN(C(=O)CC3Cc4ccccc4C3)C2)OC1=O. The van der Waals surface area contributed by atoms with Gasteiger partial charge in [0, 0.05) is 26.4 Å². The van der Waals surface area contributed by atoms with E-state index in [1.165, 1.54) is 11.1 Å². The largest absolute Gasteiger partial charge is 0.439 e. The molecule has 2 fully saturated rings. The first kappa shape index (κ1) is 14.5. The first-order valence-electron chi connectivity index (χ1n) is 8.33. The molecule has 0 unspecified atom stereocenters. The Labute approximate surface area is 136 Å². The van der Waals surface area contributed by atoms with Gasteiger partial charge in [0.2, 0.25) is 5.91 Å². The number of carbonyl (C=O) groups is 2. The van der Waals surface area contributed by atoms with E-state index in [2.05, 4.69) is 24.3 Å². The van der Waals surface area contributed by atoms with Crippen LogP contribution in [0.1, 0.15) is 24.0 Å². The molecule has 2 amide bonds. The first-order chi connectivity index (χ1) is 11.0. The topological polar surface area (TPSA) is 49.9 Å². The van der Waals surface area contributed by atoms with E-state index in [0.29, 0.717) is 32.0 Å². The molecule has 3 aliphatic rings. The molecule has 0 bridgehead atoms. The van der Waals surface area contributed by atoms with Gasteiger partial charge in [-0.2, -0.15) is 0 Å². The standard InChI is InChI=1S/C18H22N2O3/c1-19-11-18(23-17(19)22)6-7-20(12-18)16(21)10-13-8-14-4-2-3-5-15(14)9-13/h2-5,13H,6-12H2,1H3/t18-/m1/s1. The summed E-state index contributed by atoms with van der Waals surface area (Å²) in [6.45, 7) is 1.83. The molecule has 2 saturated heterocycles. The number of hydrogen-bond donors (Lipinski definition) is 0. The van der Waals surface area contributed by atoms with E-state index in [4.69, 9.17) is 4.74 Å². The zero-order valence-electron chi connectivity index (χ0n) is 13.5. The van der Waals surface area contributed by atoms with Crippen molar-refractivity contribution in [2.75, 3.05) is 26.7 Å². The summed E-state index contributed by atoms with van der Waals surface area (Å²) >= 11 is 0. The molecule has 0 radical (unpaired) electrons. The van der Waals surface area contributed by atoms with Crippen LogP contribution in [0.5, 0.6) is 0 Å². The maximum atomic E-state index is 12.6. The van der Waals surface area contributed by atoms with Crippen molar-refractivity contribution in [2.24, 2.45) is 5.92 Å². The molecule has 4 rings (SSSR count). The van der Waals surface area contributed by atoms with Gasteiger partial charge in [0.25, 0.3) is 0 Å². The second-order valence-corrected chi connectivity index (χ2v) is 7.22. The van der Waals surface area contributed by atoms with Crippen molar-refractivity contribution < 1.29 is 14.3 Å². The third-order valence-corrected chi connectivity index (χ3v) is 5.41. The number of likely N-dealkylation sites (N-methyl/N-ethyl adjacent to an activating group) is 1. The lowest BCUT2D eigenvalue weighted by molar-refractivity contribution is -0.131. The predicted octanol–water partition coefficient (Wildman–Crippen LogP) is 1.84. The monoisotopic (exact) mass is 314 g/mol. The summed E-state index contributed by atoms with van der Waals surface area (Å²) in [5.41, 5.74) is 2.30. The van der Waals surface area contributed by atoms with Gasteiger partial charge >= 0.3 is 6.09 Å². The average molecular weight is 314 g/mol. The minimum Gasteiger partial charge on any atom is -0.439 e. The Morgan fingerprint density at radius 2 is 1.96 bits per heavy atom. The Balaban J connectivity index is 1.36. The molecule has 1 aromatic rings. The summed E-state index contributed by atoms with van der Waals surface area (Å²) in [5, 5.41) is 0. The lowest BCUT2D eigenvalue weighted by atomic mass is 10.0. The van der Waals surface area contributed by atoms with Gasteiger partial charge in [-0.3, -0.25) is 4.79 Å². The maximum absolute atomic E-state index is 12.6. The summed E-state index contributed by atoms with van der Waals surface area (Å²) < 4.78 is 5.52. The van der Waals surface area contributed by atoms with Gasteiger partial charge in [-0.1, -0.05) is 24.3 Å². The predicted molar refractivity (Wildman–Crippen MR) is 85.0 cm³/mol. The number of carbonyl (C=O) groups excluding carboxylic acids is 2. The molecule has 122 valence electrons. The Hall–Kier alpha value is -2.04. The molecule has 1 spiro atoms. The van der Waals surface area contributed by atoms with Crippen LogP contribution in [-0.4, -0.2) is 54.1 Å². The smallest absolute Gasteiger partial charge is 0.410 e. The van der Waals surface area contributed by atoms with Gasteiger partial charge in [-0.05, 0) is 29.9 Å². The second kappa shape index (κ2) is 5.25. The normalized spacial score (nSPS) is 26.9. The molecule has 23 heavy (non-hydrogen) atoms. The van der Waals surface area contributed by atoms with Crippen molar-refractivity contribution in [3.05, 3.63) is 35.4 Å². The van der Waals surface area contributed by atoms with E-state index < -0.39 is 5.60 Å². The summed E-state index contributed by atoms with van der Waals surface area (Å²) in [5.74, 6) is 0.607. The van der Waals surface area contributed by atoms with E-state index in [1.54, 1.807) is 11.9 Å². The van der Waals surface area contributed by atoms with Crippen molar-refractivity contribution in [3.8, 4) is 0 Å². The van der Waals surface area contributed by atoms with Gasteiger partial charge in [0.1, 0.15) is 0 Å². The third kappa shape index (κ3) is 2.58. The van der Waals surface area contributed by atoms with E-state index >= 15 is 0 Å². The third-order valence-electron chi connectivity index (χ3n) is 5.41. The molecule has 1 atom stereocenters. The highest BCUT2D eigenvalue weighted by atomic mass is 16.6. The highest BCUT2D eigenvalue weighted by molar-refractivity contribution is 5.78. The van der Waals surface area contributed by atoms with Crippen molar-refractivity contribution in [1.29, 1.82) is 0 Å². The van der Waals surface area contributed by atoms with Gasteiger partial charge < -0.3 is 14.5 Å². The van der Waals surface area contributed by atoms with Crippen molar-refractivity contribution in [2.45, 2.75) is 31.3 Å². The number of ether oxygens (including phenoxy) is 1. The quantitative estimate of drug-likeness (QED) is 0.837. The van der Waals surface area contributed by atoms with Gasteiger partial charge in [0.05, 0.1) is 13.1 Å². The molecule has 0 saturated carbocycles. The number of benzene rings is 1. The maximum Gasteiger partial charge on any atom is 0.410 e. The Morgan fingerprint density at radius 3 is 2.57 bits per heavy atom. The van der Waals surface area contributed by atoms with Crippen LogP contribution in [0, 0.1) is 5.92 Å². The van der Waals surface area contributed by atoms with E-state index in [-0.39, 0.29) is 12.0 Å². The fourth-order valence-corrected chi connectivity index (χ4v) is 4.23. The van der Waals surface area contributed by atoms with Crippen LogP contribution in [-0.2, 0) is 22.4 Å². The Bertz CT molecular complexity index is 634. The number of nitrogens with zero attached hydrogens (tertiary/aromatic N) is 2. The lowest BCUT2D eigenvalue weighted by Gasteiger charge is -2.22. The van der Waals surface area contributed by atoms with Crippen LogP contribution in [0.2, 0.25) is 0 Å². The molecule has 1 aromatic carbocycles. The fraction of sp³-hybridized carbons (Fsp3) is 0.556. The van der Waals surface area contributed by atoms with Crippen LogP contribution in [0.25, 0.3) is 0 Å². The number of amides is 2. The first-order valence-corrected chi connectivity index (χ1v) is 8.33. The number of rotatable bonds is 2. The highest BCUT2D eigenvalue weighted by Crippen LogP contribution is 2.34. The van der Waals surface area contributed by atoms with Crippen molar-refractivity contribution in [3.63, 3.8) is 0 Å². The van der Waals surface area contributed by atoms with E-state index in [1.807, 2.05) is 4.90 Å². The van der Waals surface area contributed by atoms with E-state index in [9.17, 15) is 9.59 Å². The number of hydrogen-bond acceptors (Lipinski definition) is 3. The molecule has 0 aromatic heterocycles. The Kier molecular flexibility index (Phi) is 3.32. The fourth-order valence-electron chi connectivity index (χ4n) is 4.23. The van der Waals surface area contributed by atoms with Crippen LogP contribution in [0.4, 0.5) is 4.79 Å². The molecular weight excluding hydrogens is 292 g/mol. The van der Waals surface area contributed by atoms with Crippen molar-refractivity contribution in [1.82, 2.24) is 9.80 Å². The van der Waals surface area contributed by atoms with Gasteiger partial charge in [0.15, 0.2) is 5.60 Å². The van der Waals surface area contributed by atoms with Crippen molar-refractivity contribution >= 4 is 12.0 Å².